The Kier molecular flexibility index (Phi) is 8.50. The Labute approximate surface area is 375 Å². The molecule has 10 aromatic carbocycles. The second-order valence-corrected chi connectivity index (χ2v) is 16.8. The molecule has 0 spiro atoms. The molecule has 0 saturated carbocycles. The number of rotatable bonds is 7. The quantitative estimate of drug-likeness (QED) is 0.160. The standard InChI is InChI=1S/C61H39N3O/c1-3-13-49(14-4-1)63-56-20-10-7-17-51(56)53-38-44(31-33-58(53)63)40-23-27-42(28-24-40)46-35-47(37-48(36-46)61-62-55-19-9-12-22-60(55)65-61)43-29-25-41(26-30-43)45-32-34-59-54(39-45)52-18-8-11-21-57(52)64(59)50-15-5-2-6-16-50/h1-39H. The minimum absolute atomic E-state index is 0.605. The second kappa shape index (κ2) is 15.0. The van der Waals surface area contributed by atoms with Crippen molar-refractivity contribution in [2.75, 3.05) is 0 Å². The lowest BCUT2D eigenvalue weighted by molar-refractivity contribution is 0.620. The number of para-hydroxylation sites is 6. The number of oxazole rings is 1. The molecular formula is C61H39N3O. The van der Waals surface area contributed by atoms with Crippen molar-refractivity contribution in [3.05, 3.63) is 237 Å². The predicted octanol–water partition coefficient (Wildman–Crippen LogP) is 16.4. The van der Waals surface area contributed by atoms with Gasteiger partial charge in [-0.3, -0.25) is 0 Å². The zero-order valence-corrected chi connectivity index (χ0v) is 35.3. The minimum atomic E-state index is 0.605. The van der Waals surface area contributed by atoms with Gasteiger partial charge in [0.2, 0.25) is 5.89 Å². The van der Waals surface area contributed by atoms with E-state index >= 15 is 0 Å². The smallest absolute Gasteiger partial charge is 0.227 e. The van der Waals surface area contributed by atoms with Crippen LogP contribution < -0.4 is 0 Å². The number of aromatic nitrogens is 3. The Bertz CT molecular complexity index is 3660. The molecule has 0 amide bonds. The predicted molar refractivity (Wildman–Crippen MR) is 270 cm³/mol. The molecule has 65 heavy (non-hydrogen) atoms. The molecule has 13 rings (SSSR count). The largest absolute Gasteiger partial charge is 0.436 e. The van der Waals surface area contributed by atoms with E-state index in [9.17, 15) is 0 Å². The lowest BCUT2D eigenvalue weighted by Gasteiger charge is -2.12. The van der Waals surface area contributed by atoms with Crippen molar-refractivity contribution in [3.8, 4) is 67.3 Å². The Morgan fingerprint density at radius 2 is 0.662 bits per heavy atom. The summed E-state index contributed by atoms with van der Waals surface area (Å²) >= 11 is 0. The summed E-state index contributed by atoms with van der Waals surface area (Å²) in [5.74, 6) is 0.605. The van der Waals surface area contributed by atoms with Crippen molar-refractivity contribution in [1.29, 1.82) is 0 Å². The summed E-state index contributed by atoms with van der Waals surface area (Å²) in [7, 11) is 0. The zero-order valence-electron chi connectivity index (χ0n) is 35.3. The van der Waals surface area contributed by atoms with Gasteiger partial charge < -0.3 is 13.6 Å². The maximum atomic E-state index is 6.37. The molecule has 0 bridgehead atoms. The molecule has 3 aromatic heterocycles. The third-order valence-electron chi connectivity index (χ3n) is 13.0. The third kappa shape index (κ3) is 6.26. The first-order chi connectivity index (χ1) is 32.2. The maximum Gasteiger partial charge on any atom is 0.227 e. The summed E-state index contributed by atoms with van der Waals surface area (Å²) in [6.45, 7) is 0. The lowest BCUT2D eigenvalue weighted by atomic mass is 9.93. The Morgan fingerprint density at radius 1 is 0.277 bits per heavy atom. The monoisotopic (exact) mass is 829 g/mol. The highest BCUT2D eigenvalue weighted by Gasteiger charge is 2.17. The van der Waals surface area contributed by atoms with Gasteiger partial charge in [-0.15, -0.1) is 0 Å². The first-order valence-corrected chi connectivity index (χ1v) is 22.1. The molecule has 0 unspecified atom stereocenters. The fourth-order valence-corrected chi connectivity index (χ4v) is 9.81. The molecule has 3 heterocycles. The number of fused-ring (bicyclic) bond motifs is 7. The average molecular weight is 830 g/mol. The van der Waals surface area contributed by atoms with E-state index in [-0.39, 0.29) is 0 Å². The SMILES string of the molecule is c1ccc(-n2c3ccccc3c3cc(-c4ccc(-c5cc(-c6ccc(-c7ccc8c(c7)c7ccccc7n8-c7ccccc7)cc6)cc(-c6nc7ccccc7o6)c5)cc4)ccc32)cc1. The second-order valence-electron chi connectivity index (χ2n) is 16.8. The van der Waals surface area contributed by atoms with Gasteiger partial charge in [-0.25, -0.2) is 4.98 Å². The molecule has 0 atom stereocenters. The van der Waals surface area contributed by atoms with Crippen LogP contribution in [0.3, 0.4) is 0 Å². The topological polar surface area (TPSA) is 35.9 Å². The number of benzene rings is 10. The van der Waals surface area contributed by atoms with Crippen LogP contribution in [0.2, 0.25) is 0 Å². The number of nitrogens with zero attached hydrogens (tertiary/aromatic N) is 3. The molecule has 0 fully saturated rings. The van der Waals surface area contributed by atoms with E-state index < -0.39 is 0 Å². The van der Waals surface area contributed by atoms with Crippen LogP contribution in [0.15, 0.2) is 241 Å². The zero-order chi connectivity index (χ0) is 42.8. The van der Waals surface area contributed by atoms with Gasteiger partial charge in [-0.1, -0.05) is 146 Å². The Morgan fingerprint density at radius 3 is 1.15 bits per heavy atom. The fraction of sp³-hybridized carbons (Fsp3) is 0. The van der Waals surface area contributed by atoms with Crippen molar-refractivity contribution in [3.63, 3.8) is 0 Å². The number of hydrogen-bond acceptors (Lipinski definition) is 2. The normalized spacial score (nSPS) is 11.7. The highest BCUT2D eigenvalue weighted by molar-refractivity contribution is 6.11. The Balaban J connectivity index is 0.872. The van der Waals surface area contributed by atoms with Crippen LogP contribution in [0.4, 0.5) is 0 Å². The van der Waals surface area contributed by atoms with Crippen molar-refractivity contribution < 1.29 is 4.42 Å². The highest BCUT2D eigenvalue weighted by Crippen LogP contribution is 2.39. The van der Waals surface area contributed by atoms with E-state index in [1.165, 1.54) is 65.9 Å². The van der Waals surface area contributed by atoms with Crippen molar-refractivity contribution in [2.45, 2.75) is 0 Å². The van der Waals surface area contributed by atoms with Gasteiger partial charge in [-0.05, 0) is 136 Å². The third-order valence-corrected chi connectivity index (χ3v) is 13.0. The van der Waals surface area contributed by atoms with Crippen LogP contribution in [-0.4, -0.2) is 14.1 Å². The lowest BCUT2D eigenvalue weighted by Crippen LogP contribution is -1.92. The van der Waals surface area contributed by atoms with Crippen LogP contribution >= 0.6 is 0 Å². The molecule has 13 aromatic rings. The van der Waals surface area contributed by atoms with E-state index in [2.05, 4.69) is 221 Å². The Hall–Kier alpha value is -8.73. The molecule has 0 radical (unpaired) electrons. The molecule has 0 N–H and O–H groups in total. The summed E-state index contributed by atoms with van der Waals surface area (Å²) < 4.78 is 11.1. The molecule has 4 heteroatoms. The molecular weight excluding hydrogens is 791 g/mol. The first-order valence-electron chi connectivity index (χ1n) is 22.1. The average Bonchev–Trinajstić information content (AvgIpc) is 4.07. The van der Waals surface area contributed by atoms with Gasteiger partial charge in [0.1, 0.15) is 5.52 Å². The van der Waals surface area contributed by atoms with Crippen LogP contribution in [0.25, 0.3) is 122 Å². The van der Waals surface area contributed by atoms with Crippen molar-refractivity contribution >= 4 is 54.7 Å². The molecule has 4 nitrogen and oxygen atoms in total. The summed E-state index contributed by atoms with van der Waals surface area (Å²) in [5, 5.41) is 4.97. The van der Waals surface area contributed by atoms with E-state index in [1.807, 2.05) is 24.3 Å². The van der Waals surface area contributed by atoms with E-state index in [0.717, 1.165) is 50.3 Å². The van der Waals surface area contributed by atoms with Gasteiger partial charge in [-0.2, -0.15) is 0 Å². The van der Waals surface area contributed by atoms with Gasteiger partial charge in [0.05, 0.1) is 22.1 Å². The van der Waals surface area contributed by atoms with Crippen molar-refractivity contribution in [2.24, 2.45) is 0 Å². The van der Waals surface area contributed by atoms with E-state index in [0.29, 0.717) is 5.89 Å². The summed E-state index contributed by atoms with van der Waals surface area (Å²) in [6, 6.07) is 84.8. The summed E-state index contributed by atoms with van der Waals surface area (Å²) in [4.78, 5) is 4.92. The molecule has 0 saturated heterocycles. The van der Waals surface area contributed by atoms with Gasteiger partial charge in [0.15, 0.2) is 5.58 Å². The maximum absolute atomic E-state index is 6.37. The van der Waals surface area contributed by atoms with Crippen LogP contribution in [-0.2, 0) is 0 Å². The minimum Gasteiger partial charge on any atom is -0.436 e. The van der Waals surface area contributed by atoms with Gasteiger partial charge >= 0.3 is 0 Å². The van der Waals surface area contributed by atoms with Crippen LogP contribution in [0.5, 0.6) is 0 Å². The number of hydrogen-bond donors (Lipinski definition) is 0. The summed E-state index contributed by atoms with van der Waals surface area (Å²) in [5.41, 5.74) is 18.8. The fourth-order valence-electron chi connectivity index (χ4n) is 9.81. The molecule has 0 aliphatic carbocycles. The van der Waals surface area contributed by atoms with Crippen LogP contribution in [0.1, 0.15) is 0 Å². The van der Waals surface area contributed by atoms with E-state index in [4.69, 9.17) is 9.40 Å². The van der Waals surface area contributed by atoms with Crippen LogP contribution in [0, 0.1) is 0 Å². The molecule has 304 valence electrons. The van der Waals surface area contributed by atoms with Gasteiger partial charge in [0.25, 0.3) is 0 Å². The highest BCUT2D eigenvalue weighted by atomic mass is 16.3. The first kappa shape index (κ1) is 36.9. The van der Waals surface area contributed by atoms with E-state index in [1.54, 1.807) is 0 Å². The van der Waals surface area contributed by atoms with Gasteiger partial charge in [0, 0.05) is 38.5 Å². The molecule has 0 aliphatic heterocycles. The summed E-state index contributed by atoms with van der Waals surface area (Å²) in [6.07, 6.45) is 0. The molecule has 0 aliphatic rings. The van der Waals surface area contributed by atoms with Crippen molar-refractivity contribution in [1.82, 2.24) is 14.1 Å².